The van der Waals surface area contributed by atoms with Gasteiger partial charge < -0.3 is 4.74 Å². The molecule has 0 amide bonds. The normalized spacial score (nSPS) is 25.6. The summed E-state index contributed by atoms with van der Waals surface area (Å²) in [6.07, 6.45) is 0.837. The third-order valence-corrected chi connectivity index (χ3v) is 5.77. The van der Waals surface area contributed by atoms with Gasteiger partial charge >= 0.3 is 5.97 Å². The molecule has 1 saturated heterocycles. The lowest BCUT2D eigenvalue weighted by atomic mass is 10.1. The average Bonchev–Trinajstić information content (AvgIpc) is 2.61. The second kappa shape index (κ2) is 4.05. The standard InChI is InChI=1S/C13H18O2Si/c1-16(2,3)12-9-11(15-13(12)14)10-7-5-4-6-8-10/h4-8,11-12H,9H2,1-3H3/t11-,12-/m1/s1. The van der Waals surface area contributed by atoms with Crippen molar-refractivity contribution in [1.29, 1.82) is 0 Å². The van der Waals surface area contributed by atoms with Crippen LogP contribution in [0.2, 0.25) is 25.2 Å². The van der Waals surface area contributed by atoms with Crippen LogP contribution in [0.3, 0.4) is 0 Å². The summed E-state index contributed by atoms with van der Waals surface area (Å²) >= 11 is 0. The zero-order valence-corrected chi connectivity index (χ0v) is 11.1. The van der Waals surface area contributed by atoms with Crippen LogP contribution in [0.25, 0.3) is 0 Å². The van der Waals surface area contributed by atoms with Gasteiger partial charge in [-0.1, -0.05) is 50.0 Å². The highest BCUT2D eigenvalue weighted by molar-refractivity contribution is 6.80. The minimum absolute atomic E-state index is 0.00743. The SMILES string of the molecule is C[Si](C)(C)[C@@H]1C[C@H](c2ccccc2)OC1=O. The van der Waals surface area contributed by atoms with Gasteiger partial charge in [0.05, 0.1) is 13.6 Å². The number of cyclic esters (lactones) is 1. The van der Waals surface area contributed by atoms with E-state index in [0.717, 1.165) is 12.0 Å². The largest absolute Gasteiger partial charge is 0.457 e. The Kier molecular flexibility index (Phi) is 2.89. The molecule has 1 fully saturated rings. The number of carbonyl (C=O) groups is 1. The van der Waals surface area contributed by atoms with Gasteiger partial charge in [0.2, 0.25) is 0 Å². The molecule has 0 aliphatic carbocycles. The van der Waals surface area contributed by atoms with Crippen molar-refractivity contribution in [2.24, 2.45) is 0 Å². The number of benzene rings is 1. The summed E-state index contributed by atoms with van der Waals surface area (Å²) in [5.74, 6) is 0.00743. The lowest BCUT2D eigenvalue weighted by molar-refractivity contribution is -0.141. The first-order valence-corrected chi connectivity index (χ1v) is 9.31. The smallest absolute Gasteiger partial charge is 0.306 e. The van der Waals surface area contributed by atoms with E-state index < -0.39 is 8.07 Å². The van der Waals surface area contributed by atoms with E-state index in [2.05, 4.69) is 19.6 Å². The van der Waals surface area contributed by atoms with Crippen LogP contribution >= 0.6 is 0 Å². The number of ether oxygens (including phenoxy) is 1. The van der Waals surface area contributed by atoms with Gasteiger partial charge in [0.15, 0.2) is 0 Å². The molecule has 1 aromatic carbocycles. The Balaban J connectivity index is 2.16. The first kappa shape index (κ1) is 11.4. The monoisotopic (exact) mass is 234 g/mol. The zero-order chi connectivity index (χ0) is 11.8. The first-order chi connectivity index (χ1) is 7.48. The molecule has 2 nitrogen and oxygen atoms in total. The maximum absolute atomic E-state index is 11.8. The second-order valence-electron chi connectivity index (χ2n) is 5.49. The fourth-order valence-electron chi connectivity index (χ4n) is 2.16. The molecule has 1 heterocycles. The Hall–Kier alpha value is -1.09. The first-order valence-electron chi connectivity index (χ1n) is 5.74. The fraction of sp³-hybridized carbons (Fsp3) is 0.462. The third kappa shape index (κ3) is 2.19. The summed E-state index contributed by atoms with van der Waals surface area (Å²) in [6.45, 7) is 6.69. The maximum Gasteiger partial charge on any atom is 0.306 e. The Labute approximate surface area is 97.6 Å². The second-order valence-corrected chi connectivity index (χ2v) is 10.9. The highest BCUT2D eigenvalue weighted by atomic mass is 28.3. The zero-order valence-electron chi connectivity index (χ0n) is 10.1. The van der Waals surface area contributed by atoms with Crippen molar-refractivity contribution in [2.45, 2.75) is 37.7 Å². The van der Waals surface area contributed by atoms with Crippen molar-refractivity contribution in [3.05, 3.63) is 35.9 Å². The minimum atomic E-state index is -1.44. The number of hydrogen-bond acceptors (Lipinski definition) is 2. The van der Waals surface area contributed by atoms with E-state index in [1.54, 1.807) is 0 Å². The third-order valence-electron chi connectivity index (χ3n) is 3.21. The van der Waals surface area contributed by atoms with E-state index in [-0.39, 0.29) is 17.6 Å². The van der Waals surface area contributed by atoms with Gasteiger partial charge in [-0.3, -0.25) is 4.79 Å². The van der Waals surface area contributed by atoms with Crippen LogP contribution in [0, 0.1) is 0 Å². The Bertz CT molecular complexity index is 381. The summed E-state index contributed by atoms with van der Waals surface area (Å²) in [5, 5.41) is 0. The van der Waals surface area contributed by atoms with Gasteiger partial charge in [-0.05, 0) is 12.0 Å². The molecule has 1 aromatic rings. The van der Waals surface area contributed by atoms with Crippen LogP contribution in [0.4, 0.5) is 0 Å². The summed E-state index contributed by atoms with van der Waals surface area (Å²) < 4.78 is 5.48. The molecule has 1 aliphatic rings. The van der Waals surface area contributed by atoms with Crippen LogP contribution in [0.5, 0.6) is 0 Å². The lowest BCUT2D eigenvalue weighted by Crippen LogP contribution is -2.30. The molecule has 0 radical (unpaired) electrons. The quantitative estimate of drug-likeness (QED) is 0.579. The molecule has 16 heavy (non-hydrogen) atoms. The van der Waals surface area contributed by atoms with E-state index in [1.807, 2.05) is 30.3 Å². The summed E-state index contributed by atoms with van der Waals surface area (Å²) in [6, 6.07) is 10.0. The molecule has 3 heteroatoms. The molecular weight excluding hydrogens is 216 g/mol. The molecule has 0 unspecified atom stereocenters. The van der Waals surface area contributed by atoms with E-state index in [0.29, 0.717) is 0 Å². The number of esters is 1. The molecule has 1 aliphatic heterocycles. The summed E-state index contributed by atoms with van der Waals surface area (Å²) in [4.78, 5) is 11.8. The van der Waals surface area contributed by atoms with E-state index in [1.165, 1.54) is 0 Å². The Morgan fingerprint density at radius 2 is 1.81 bits per heavy atom. The van der Waals surface area contributed by atoms with Crippen LogP contribution in [0.1, 0.15) is 18.1 Å². The summed E-state index contributed by atoms with van der Waals surface area (Å²) in [5.41, 5.74) is 1.27. The van der Waals surface area contributed by atoms with Gasteiger partial charge in [-0.25, -0.2) is 0 Å². The molecule has 0 spiro atoms. The molecule has 86 valence electrons. The van der Waals surface area contributed by atoms with Gasteiger partial charge in [0, 0.05) is 0 Å². The van der Waals surface area contributed by atoms with Crippen LogP contribution < -0.4 is 0 Å². The van der Waals surface area contributed by atoms with Gasteiger partial charge in [0.25, 0.3) is 0 Å². The van der Waals surface area contributed by atoms with Crippen molar-refractivity contribution in [3.8, 4) is 0 Å². The number of hydrogen-bond donors (Lipinski definition) is 0. The van der Waals surface area contributed by atoms with E-state index >= 15 is 0 Å². The van der Waals surface area contributed by atoms with E-state index in [9.17, 15) is 4.79 Å². The van der Waals surface area contributed by atoms with Crippen molar-refractivity contribution in [2.75, 3.05) is 0 Å². The van der Waals surface area contributed by atoms with Gasteiger partial charge in [-0.2, -0.15) is 0 Å². The predicted molar refractivity (Wildman–Crippen MR) is 67.0 cm³/mol. The predicted octanol–water partition coefficient (Wildman–Crippen LogP) is 3.38. The Morgan fingerprint density at radius 3 is 2.31 bits per heavy atom. The topological polar surface area (TPSA) is 26.3 Å². The van der Waals surface area contributed by atoms with E-state index in [4.69, 9.17) is 4.74 Å². The molecule has 0 aromatic heterocycles. The highest BCUT2D eigenvalue weighted by Gasteiger charge is 2.43. The van der Waals surface area contributed by atoms with Crippen molar-refractivity contribution < 1.29 is 9.53 Å². The van der Waals surface area contributed by atoms with Crippen molar-refractivity contribution >= 4 is 14.0 Å². The highest BCUT2D eigenvalue weighted by Crippen LogP contribution is 2.41. The number of carbonyl (C=O) groups excluding carboxylic acids is 1. The van der Waals surface area contributed by atoms with Crippen LogP contribution in [-0.2, 0) is 9.53 Å². The number of rotatable bonds is 2. The van der Waals surface area contributed by atoms with Crippen molar-refractivity contribution in [3.63, 3.8) is 0 Å². The average molecular weight is 234 g/mol. The lowest BCUT2D eigenvalue weighted by Gasteiger charge is -2.20. The summed E-state index contributed by atoms with van der Waals surface area (Å²) in [7, 11) is -1.44. The van der Waals surface area contributed by atoms with Crippen LogP contribution in [-0.4, -0.2) is 14.0 Å². The molecule has 0 N–H and O–H groups in total. The van der Waals surface area contributed by atoms with Crippen molar-refractivity contribution in [1.82, 2.24) is 0 Å². The Morgan fingerprint density at radius 1 is 1.19 bits per heavy atom. The molecule has 0 bridgehead atoms. The molecule has 2 atom stereocenters. The van der Waals surface area contributed by atoms with Crippen LogP contribution in [0.15, 0.2) is 30.3 Å². The molecular formula is C13H18O2Si. The fourth-order valence-corrected chi connectivity index (χ4v) is 3.86. The maximum atomic E-state index is 11.8. The molecule has 2 rings (SSSR count). The van der Waals surface area contributed by atoms with Gasteiger partial charge in [0.1, 0.15) is 6.10 Å². The van der Waals surface area contributed by atoms with Gasteiger partial charge in [-0.15, -0.1) is 0 Å². The molecule has 0 saturated carbocycles. The minimum Gasteiger partial charge on any atom is -0.457 e.